The number of rotatable bonds is 0. The summed E-state index contributed by atoms with van der Waals surface area (Å²) in [6.07, 6.45) is 0. The number of hydrogen-bond acceptors (Lipinski definition) is 1. The molecule has 0 N–H and O–H groups in total. The molecule has 15 heavy (non-hydrogen) atoms. The summed E-state index contributed by atoms with van der Waals surface area (Å²) >= 11 is 3.36. The Morgan fingerprint density at radius 2 is 1.93 bits per heavy atom. The fourth-order valence-electron chi connectivity index (χ4n) is 1.76. The second-order valence-electron chi connectivity index (χ2n) is 3.36. The Morgan fingerprint density at radius 1 is 1.07 bits per heavy atom. The van der Waals surface area contributed by atoms with Gasteiger partial charge in [-0.3, -0.25) is 0 Å². The van der Waals surface area contributed by atoms with E-state index in [1.807, 2.05) is 18.2 Å². The second kappa shape index (κ2) is 3.07. The van der Waals surface area contributed by atoms with Gasteiger partial charge in [-0.2, -0.15) is 0 Å². The van der Waals surface area contributed by atoms with Crippen molar-refractivity contribution in [3.05, 3.63) is 46.7 Å². The van der Waals surface area contributed by atoms with Gasteiger partial charge in [0.15, 0.2) is 0 Å². The van der Waals surface area contributed by atoms with E-state index in [1.165, 1.54) is 6.07 Å². The Balaban J connectivity index is 2.61. The molecule has 0 saturated carbocycles. The molecule has 0 radical (unpaired) electrons. The first-order valence-electron chi connectivity index (χ1n) is 4.52. The third-order valence-electron chi connectivity index (χ3n) is 2.41. The standard InChI is InChI=1S/C12H6BrFO/c13-7-4-5-10-8(6-7)12-9(14)2-1-3-11(12)15-10/h1-6H. The molecule has 0 aliphatic rings. The summed E-state index contributed by atoms with van der Waals surface area (Å²) < 4.78 is 20.1. The van der Waals surface area contributed by atoms with Crippen molar-refractivity contribution in [2.24, 2.45) is 0 Å². The average Bonchev–Trinajstić information content (AvgIpc) is 2.57. The predicted molar refractivity (Wildman–Crippen MR) is 61.4 cm³/mol. The van der Waals surface area contributed by atoms with Crippen LogP contribution in [-0.4, -0.2) is 0 Å². The Labute approximate surface area is 93.6 Å². The van der Waals surface area contributed by atoms with Crippen LogP contribution in [0.15, 0.2) is 45.3 Å². The minimum Gasteiger partial charge on any atom is -0.456 e. The molecule has 0 aliphatic heterocycles. The Morgan fingerprint density at radius 3 is 2.80 bits per heavy atom. The summed E-state index contributed by atoms with van der Waals surface area (Å²) in [6, 6.07) is 10.4. The lowest BCUT2D eigenvalue weighted by atomic mass is 10.1. The lowest BCUT2D eigenvalue weighted by molar-refractivity contribution is 0.634. The van der Waals surface area contributed by atoms with E-state index in [1.54, 1.807) is 12.1 Å². The monoisotopic (exact) mass is 264 g/mol. The van der Waals surface area contributed by atoms with E-state index >= 15 is 0 Å². The van der Waals surface area contributed by atoms with Crippen molar-refractivity contribution in [3.8, 4) is 0 Å². The maximum Gasteiger partial charge on any atom is 0.138 e. The minimum absolute atomic E-state index is 0.246. The van der Waals surface area contributed by atoms with Gasteiger partial charge in [-0.05, 0) is 30.3 Å². The molecular weight excluding hydrogens is 259 g/mol. The molecule has 3 rings (SSSR count). The van der Waals surface area contributed by atoms with Crippen molar-refractivity contribution < 1.29 is 8.81 Å². The van der Waals surface area contributed by atoms with Crippen LogP contribution in [0.3, 0.4) is 0 Å². The third kappa shape index (κ3) is 1.27. The van der Waals surface area contributed by atoms with Gasteiger partial charge in [0.05, 0.1) is 5.39 Å². The van der Waals surface area contributed by atoms with Gasteiger partial charge in [-0.25, -0.2) is 4.39 Å². The molecule has 1 aromatic heterocycles. The van der Waals surface area contributed by atoms with Crippen molar-refractivity contribution >= 4 is 37.9 Å². The van der Waals surface area contributed by atoms with Crippen LogP contribution in [0.5, 0.6) is 0 Å². The SMILES string of the molecule is Fc1cccc2oc3ccc(Br)cc3c12. The van der Waals surface area contributed by atoms with E-state index < -0.39 is 0 Å². The minimum atomic E-state index is -0.246. The Hall–Kier alpha value is -1.35. The second-order valence-corrected chi connectivity index (χ2v) is 4.27. The molecule has 74 valence electrons. The van der Waals surface area contributed by atoms with E-state index in [2.05, 4.69) is 15.9 Å². The van der Waals surface area contributed by atoms with Crippen molar-refractivity contribution in [1.29, 1.82) is 0 Å². The number of benzene rings is 2. The topological polar surface area (TPSA) is 13.1 Å². The van der Waals surface area contributed by atoms with E-state index in [0.717, 1.165) is 9.86 Å². The number of furan rings is 1. The number of halogens is 2. The molecule has 2 aromatic carbocycles. The van der Waals surface area contributed by atoms with Crippen LogP contribution in [0, 0.1) is 5.82 Å². The molecular formula is C12H6BrFO. The molecule has 1 heterocycles. The van der Waals surface area contributed by atoms with E-state index in [9.17, 15) is 4.39 Å². The molecule has 0 bridgehead atoms. The molecule has 3 aromatic rings. The molecule has 0 fully saturated rings. The Bertz CT molecular complexity index is 657. The normalized spacial score (nSPS) is 11.3. The van der Waals surface area contributed by atoms with Crippen LogP contribution in [0.2, 0.25) is 0 Å². The quantitative estimate of drug-likeness (QED) is 0.583. The Kier molecular flexibility index (Phi) is 1.83. The van der Waals surface area contributed by atoms with Crippen molar-refractivity contribution in [3.63, 3.8) is 0 Å². The van der Waals surface area contributed by atoms with Gasteiger partial charge in [0, 0.05) is 9.86 Å². The maximum atomic E-state index is 13.6. The summed E-state index contributed by atoms with van der Waals surface area (Å²) in [5.74, 6) is -0.246. The average molecular weight is 265 g/mol. The first-order valence-corrected chi connectivity index (χ1v) is 5.31. The lowest BCUT2D eigenvalue weighted by Crippen LogP contribution is -1.74. The highest BCUT2D eigenvalue weighted by Crippen LogP contribution is 2.32. The molecule has 0 amide bonds. The van der Waals surface area contributed by atoms with Gasteiger partial charge in [0.2, 0.25) is 0 Å². The molecule has 0 aliphatic carbocycles. The fraction of sp³-hybridized carbons (Fsp3) is 0. The predicted octanol–water partition coefficient (Wildman–Crippen LogP) is 4.49. The van der Waals surface area contributed by atoms with Crippen LogP contribution in [-0.2, 0) is 0 Å². The lowest BCUT2D eigenvalue weighted by Gasteiger charge is -1.91. The van der Waals surface area contributed by atoms with Gasteiger partial charge >= 0.3 is 0 Å². The largest absolute Gasteiger partial charge is 0.456 e. The zero-order chi connectivity index (χ0) is 10.4. The van der Waals surface area contributed by atoms with Gasteiger partial charge in [-0.1, -0.05) is 22.0 Å². The third-order valence-corrected chi connectivity index (χ3v) is 2.90. The zero-order valence-electron chi connectivity index (χ0n) is 7.63. The van der Waals surface area contributed by atoms with Gasteiger partial charge in [0.25, 0.3) is 0 Å². The summed E-state index contributed by atoms with van der Waals surface area (Å²) in [6.45, 7) is 0. The van der Waals surface area contributed by atoms with E-state index in [0.29, 0.717) is 16.6 Å². The molecule has 0 spiro atoms. The van der Waals surface area contributed by atoms with Crippen molar-refractivity contribution in [2.75, 3.05) is 0 Å². The van der Waals surface area contributed by atoms with E-state index in [4.69, 9.17) is 4.42 Å². The van der Waals surface area contributed by atoms with Crippen molar-refractivity contribution in [2.45, 2.75) is 0 Å². The highest BCUT2D eigenvalue weighted by Gasteiger charge is 2.10. The fourth-order valence-corrected chi connectivity index (χ4v) is 2.12. The van der Waals surface area contributed by atoms with Crippen LogP contribution < -0.4 is 0 Å². The molecule has 0 unspecified atom stereocenters. The summed E-state index contributed by atoms with van der Waals surface area (Å²) in [5.41, 5.74) is 1.29. The summed E-state index contributed by atoms with van der Waals surface area (Å²) in [7, 11) is 0. The van der Waals surface area contributed by atoms with Crippen LogP contribution >= 0.6 is 15.9 Å². The number of fused-ring (bicyclic) bond motifs is 3. The highest BCUT2D eigenvalue weighted by atomic mass is 79.9. The van der Waals surface area contributed by atoms with Gasteiger partial charge < -0.3 is 4.42 Å². The number of hydrogen-bond donors (Lipinski definition) is 0. The zero-order valence-corrected chi connectivity index (χ0v) is 9.21. The van der Waals surface area contributed by atoms with Gasteiger partial charge in [-0.15, -0.1) is 0 Å². The maximum absolute atomic E-state index is 13.6. The molecule has 1 nitrogen and oxygen atoms in total. The smallest absolute Gasteiger partial charge is 0.138 e. The highest BCUT2D eigenvalue weighted by molar-refractivity contribution is 9.10. The van der Waals surface area contributed by atoms with Crippen LogP contribution in [0.1, 0.15) is 0 Å². The summed E-state index contributed by atoms with van der Waals surface area (Å²) in [4.78, 5) is 0. The summed E-state index contributed by atoms with van der Waals surface area (Å²) in [5, 5.41) is 1.35. The van der Waals surface area contributed by atoms with Crippen molar-refractivity contribution in [1.82, 2.24) is 0 Å². The van der Waals surface area contributed by atoms with E-state index in [-0.39, 0.29) is 5.82 Å². The first-order chi connectivity index (χ1) is 7.25. The van der Waals surface area contributed by atoms with Crippen LogP contribution in [0.25, 0.3) is 21.9 Å². The molecule has 0 atom stereocenters. The van der Waals surface area contributed by atoms with Gasteiger partial charge in [0.1, 0.15) is 17.0 Å². The first kappa shape index (κ1) is 8.92. The molecule has 0 saturated heterocycles. The molecule has 3 heteroatoms. The van der Waals surface area contributed by atoms with Crippen LogP contribution in [0.4, 0.5) is 4.39 Å².